The van der Waals surface area contributed by atoms with Crippen molar-refractivity contribution in [1.29, 1.82) is 0 Å². The fraction of sp³-hybridized carbons (Fsp3) is 0.200. The normalized spacial score (nSPS) is 12.4. The molecule has 0 fully saturated rings. The summed E-state index contributed by atoms with van der Waals surface area (Å²) in [7, 11) is 1.62. The maximum Gasteiger partial charge on any atom is 0.106 e. The van der Waals surface area contributed by atoms with Gasteiger partial charge in [0.15, 0.2) is 0 Å². The second-order valence-corrected chi connectivity index (χ2v) is 5.04. The molecule has 2 nitrogen and oxygen atoms in total. The van der Waals surface area contributed by atoms with Gasteiger partial charge < -0.3 is 9.84 Å². The van der Waals surface area contributed by atoms with E-state index in [-0.39, 0.29) is 0 Å². The molecule has 2 aromatic rings. The summed E-state index contributed by atoms with van der Waals surface area (Å²) >= 11 is 12.1. The van der Waals surface area contributed by atoms with E-state index in [9.17, 15) is 5.11 Å². The number of benzene rings is 2. The van der Waals surface area contributed by atoms with Crippen LogP contribution in [-0.4, -0.2) is 12.2 Å². The van der Waals surface area contributed by atoms with Crippen LogP contribution >= 0.6 is 23.2 Å². The van der Waals surface area contributed by atoms with Gasteiger partial charge in [-0.3, -0.25) is 0 Å². The molecule has 100 valence electrons. The molecule has 4 heteroatoms. The number of rotatable bonds is 4. The third kappa shape index (κ3) is 3.28. The monoisotopic (exact) mass is 296 g/mol. The van der Waals surface area contributed by atoms with Crippen LogP contribution in [0.4, 0.5) is 0 Å². The Hall–Kier alpha value is -1.06. The zero-order valence-corrected chi connectivity index (χ0v) is 11.9. The van der Waals surface area contributed by atoms with E-state index in [0.29, 0.717) is 22.2 Å². The van der Waals surface area contributed by atoms with Gasteiger partial charge in [-0.15, -0.1) is 0 Å². The Morgan fingerprint density at radius 2 is 1.84 bits per heavy atom. The van der Waals surface area contributed by atoms with Crippen molar-refractivity contribution in [3.63, 3.8) is 0 Å². The van der Waals surface area contributed by atoms with Crippen LogP contribution in [0.25, 0.3) is 0 Å². The highest BCUT2D eigenvalue weighted by Gasteiger charge is 2.17. The summed E-state index contributed by atoms with van der Waals surface area (Å²) in [6.07, 6.45) is -0.822. The Morgan fingerprint density at radius 1 is 1.11 bits per heavy atom. The molecule has 2 aromatic carbocycles. The van der Waals surface area contributed by atoms with E-state index in [1.54, 1.807) is 25.3 Å². The highest BCUT2D eigenvalue weighted by Crippen LogP contribution is 2.32. The van der Waals surface area contributed by atoms with Gasteiger partial charge in [0.25, 0.3) is 0 Å². The van der Waals surface area contributed by atoms with Gasteiger partial charge in [0.05, 0.1) is 6.61 Å². The molecule has 0 radical (unpaired) electrons. The molecule has 0 amide bonds. The van der Waals surface area contributed by atoms with Gasteiger partial charge in [0.2, 0.25) is 0 Å². The molecule has 0 aromatic heterocycles. The zero-order valence-electron chi connectivity index (χ0n) is 10.4. The predicted octanol–water partition coefficient (Wildman–Crippen LogP) is 4.22. The van der Waals surface area contributed by atoms with Crippen molar-refractivity contribution >= 4 is 23.2 Å². The standard InChI is InChI=1S/C15H14Cl2O2/c1-19-9-10-4-2-3-5-12(10)15(18)13-8-11(16)6-7-14(13)17/h2-8,15,18H,9H2,1H3. The quantitative estimate of drug-likeness (QED) is 0.915. The van der Waals surface area contributed by atoms with Crippen molar-refractivity contribution in [2.45, 2.75) is 12.7 Å². The lowest BCUT2D eigenvalue weighted by atomic mass is 9.97. The van der Waals surface area contributed by atoms with Crippen LogP contribution in [-0.2, 0) is 11.3 Å². The van der Waals surface area contributed by atoms with E-state index in [1.165, 1.54) is 0 Å². The molecule has 1 atom stereocenters. The van der Waals surface area contributed by atoms with Crippen LogP contribution in [0.2, 0.25) is 10.0 Å². The highest BCUT2D eigenvalue weighted by molar-refractivity contribution is 6.33. The van der Waals surface area contributed by atoms with Crippen LogP contribution in [0.3, 0.4) is 0 Å². The molecule has 0 aliphatic carbocycles. The summed E-state index contributed by atoms with van der Waals surface area (Å²) in [6.45, 7) is 0.436. The Kier molecular flexibility index (Phi) is 4.83. The van der Waals surface area contributed by atoms with E-state index in [0.717, 1.165) is 11.1 Å². The molecule has 0 saturated heterocycles. The maximum atomic E-state index is 10.5. The van der Waals surface area contributed by atoms with Crippen molar-refractivity contribution in [3.05, 3.63) is 69.2 Å². The minimum atomic E-state index is -0.822. The minimum Gasteiger partial charge on any atom is -0.384 e. The Morgan fingerprint density at radius 3 is 2.58 bits per heavy atom. The molecule has 2 rings (SSSR count). The van der Waals surface area contributed by atoms with Gasteiger partial charge in [-0.1, -0.05) is 47.5 Å². The van der Waals surface area contributed by atoms with Gasteiger partial charge in [-0.2, -0.15) is 0 Å². The summed E-state index contributed by atoms with van der Waals surface area (Å²) in [5.74, 6) is 0. The molecule has 0 bridgehead atoms. The lowest BCUT2D eigenvalue weighted by Gasteiger charge is -2.17. The van der Waals surface area contributed by atoms with Crippen molar-refractivity contribution in [2.75, 3.05) is 7.11 Å². The topological polar surface area (TPSA) is 29.5 Å². The van der Waals surface area contributed by atoms with E-state index < -0.39 is 6.10 Å². The average molecular weight is 297 g/mol. The number of ether oxygens (including phenoxy) is 1. The van der Waals surface area contributed by atoms with E-state index in [4.69, 9.17) is 27.9 Å². The van der Waals surface area contributed by atoms with Crippen LogP contribution in [0.1, 0.15) is 22.8 Å². The molecular weight excluding hydrogens is 283 g/mol. The Balaban J connectivity index is 2.43. The molecule has 0 aliphatic heterocycles. The number of aliphatic hydroxyl groups excluding tert-OH is 1. The average Bonchev–Trinajstić information content (AvgIpc) is 2.42. The van der Waals surface area contributed by atoms with E-state index in [2.05, 4.69) is 0 Å². The van der Waals surface area contributed by atoms with Gasteiger partial charge in [0.1, 0.15) is 6.10 Å². The Labute approximate surface area is 122 Å². The first-order valence-corrected chi connectivity index (χ1v) is 6.59. The molecule has 0 spiro atoms. The van der Waals surface area contributed by atoms with E-state index >= 15 is 0 Å². The molecule has 0 aliphatic rings. The number of hydrogen-bond donors (Lipinski definition) is 1. The molecule has 19 heavy (non-hydrogen) atoms. The highest BCUT2D eigenvalue weighted by atomic mass is 35.5. The fourth-order valence-corrected chi connectivity index (χ4v) is 2.38. The lowest BCUT2D eigenvalue weighted by molar-refractivity contribution is 0.176. The predicted molar refractivity (Wildman–Crippen MR) is 77.7 cm³/mol. The van der Waals surface area contributed by atoms with Gasteiger partial charge in [-0.05, 0) is 29.3 Å². The molecule has 1 N–H and O–H groups in total. The molecule has 0 heterocycles. The maximum absolute atomic E-state index is 10.5. The summed E-state index contributed by atoms with van der Waals surface area (Å²) in [4.78, 5) is 0. The SMILES string of the molecule is COCc1ccccc1C(O)c1cc(Cl)ccc1Cl. The van der Waals surface area contributed by atoms with Crippen molar-refractivity contribution in [3.8, 4) is 0 Å². The first-order valence-electron chi connectivity index (χ1n) is 5.83. The smallest absolute Gasteiger partial charge is 0.106 e. The van der Waals surface area contributed by atoms with Crippen LogP contribution < -0.4 is 0 Å². The number of halogens is 2. The number of hydrogen-bond acceptors (Lipinski definition) is 2. The van der Waals surface area contributed by atoms with Crippen LogP contribution in [0, 0.1) is 0 Å². The summed E-state index contributed by atoms with van der Waals surface area (Å²) in [5.41, 5.74) is 2.29. The first-order chi connectivity index (χ1) is 9.13. The molecular formula is C15H14Cl2O2. The second-order valence-electron chi connectivity index (χ2n) is 4.20. The third-order valence-corrected chi connectivity index (χ3v) is 3.48. The number of aliphatic hydroxyl groups is 1. The van der Waals surface area contributed by atoms with Crippen LogP contribution in [0.15, 0.2) is 42.5 Å². The van der Waals surface area contributed by atoms with Gasteiger partial charge in [0, 0.05) is 22.7 Å². The summed E-state index contributed by atoms with van der Waals surface area (Å²) in [5, 5.41) is 11.5. The largest absolute Gasteiger partial charge is 0.384 e. The third-order valence-electron chi connectivity index (χ3n) is 2.90. The van der Waals surface area contributed by atoms with Crippen LogP contribution in [0.5, 0.6) is 0 Å². The van der Waals surface area contributed by atoms with E-state index in [1.807, 2.05) is 24.3 Å². The Bertz CT molecular complexity index is 570. The van der Waals surface area contributed by atoms with Crippen molar-refractivity contribution < 1.29 is 9.84 Å². The molecule has 0 saturated carbocycles. The second kappa shape index (κ2) is 6.40. The number of methoxy groups -OCH3 is 1. The van der Waals surface area contributed by atoms with Crippen molar-refractivity contribution in [1.82, 2.24) is 0 Å². The minimum absolute atomic E-state index is 0.436. The van der Waals surface area contributed by atoms with Gasteiger partial charge in [-0.25, -0.2) is 0 Å². The van der Waals surface area contributed by atoms with Gasteiger partial charge >= 0.3 is 0 Å². The fourth-order valence-electron chi connectivity index (χ4n) is 1.98. The van der Waals surface area contributed by atoms with Crippen molar-refractivity contribution in [2.24, 2.45) is 0 Å². The summed E-state index contributed by atoms with van der Waals surface area (Å²) in [6, 6.07) is 12.6. The zero-order chi connectivity index (χ0) is 13.8. The first kappa shape index (κ1) is 14.4. The lowest BCUT2D eigenvalue weighted by Crippen LogP contribution is -2.05. The molecule has 1 unspecified atom stereocenters. The summed E-state index contributed by atoms with van der Waals surface area (Å²) < 4.78 is 5.14.